The van der Waals surface area contributed by atoms with Gasteiger partial charge in [0.25, 0.3) is 35.2 Å². The Bertz CT molecular complexity index is 2520. The van der Waals surface area contributed by atoms with Crippen molar-refractivity contribution in [1.29, 1.82) is 21.6 Å². The lowest BCUT2D eigenvalue weighted by atomic mass is 10.1. The Balaban J connectivity index is 2.01. The molecule has 0 saturated heterocycles. The number of carbonyl (C=O) groups is 7. The molecular formula is C36H44Cl2N20O11. The fourth-order valence-electron chi connectivity index (χ4n) is 5.72. The van der Waals surface area contributed by atoms with E-state index >= 15 is 0 Å². The summed E-state index contributed by atoms with van der Waals surface area (Å²) in [5.74, 6) is -13.6. The first-order chi connectivity index (χ1) is 32.3. The first-order valence-electron chi connectivity index (χ1n) is 19.0. The van der Waals surface area contributed by atoms with Gasteiger partial charge in [-0.1, -0.05) is 59.6 Å². The van der Waals surface area contributed by atoms with Crippen LogP contribution in [0.5, 0.6) is 0 Å². The van der Waals surface area contributed by atoms with Crippen molar-refractivity contribution < 1.29 is 48.7 Å². The van der Waals surface area contributed by atoms with Crippen molar-refractivity contribution in [2.24, 2.45) is 28.7 Å². The molecule has 3 aromatic rings. The highest BCUT2D eigenvalue weighted by atomic mass is 35.5. The molecule has 0 aliphatic carbocycles. The van der Waals surface area contributed by atoms with Crippen LogP contribution in [0.4, 0.5) is 11.4 Å². The van der Waals surface area contributed by atoms with E-state index in [9.17, 15) is 53.9 Å². The lowest BCUT2D eigenvalue weighted by molar-refractivity contribution is -0.384. The number of non-ortho nitro benzene ring substituents is 1. The molecule has 31 nitrogen and oxygen atoms in total. The number of hydrogen-bond donors (Lipinski definition) is 20. The Morgan fingerprint density at radius 1 is 0.609 bits per heavy atom. The van der Waals surface area contributed by atoms with E-state index in [2.05, 4.69) is 16.0 Å². The molecule has 6 amide bonds. The van der Waals surface area contributed by atoms with E-state index < -0.39 is 131 Å². The quantitative estimate of drug-likeness (QED) is 0.0147. The van der Waals surface area contributed by atoms with Gasteiger partial charge >= 0.3 is 5.97 Å². The maximum atomic E-state index is 14.2. The fourth-order valence-corrected chi connectivity index (χ4v) is 6.24. The summed E-state index contributed by atoms with van der Waals surface area (Å²) in [4.78, 5) is 104. The van der Waals surface area contributed by atoms with Crippen LogP contribution in [0.2, 0.25) is 10.0 Å². The number of aliphatic hydroxyl groups is 1. The second-order valence-corrected chi connectivity index (χ2v) is 14.5. The molecule has 0 bridgehead atoms. The molecule has 0 aliphatic heterocycles. The van der Waals surface area contributed by atoms with E-state index in [0.29, 0.717) is 6.07 Å². The summed E-state index contributed by atoms with van der Waals surface area (Å²) in [6.07, 6.45) is -10.7. The number of rotatable bonds is 22. The summed E-state index contributed by atoms with van der Waals surface area (Å²) in [5.41, 5.74) is 24.8. The van der Waals surface area contributed by atoms with Crippen LogP contribution in [0.15, 0.2) is 66.7 Å². The second kappa shape index (κ2) is 24.3. The van der Waals surface area contributed by atoms with Crippen molar-refractivity contribution >= 4 is 99.8 Å². The number of nitro benzene ring substituents is 1. The highest BCUT2D eigenvalue weighted by Gasteiger charge is 2.36. The first kappa shape index (κ1) is 54.1. The second-order valence-electron chi connectivity index (χ2n) is 13.7. The minimum atomic E-state index is -2.45. The zero-order chi connectivity index (χ0) is 51.9. The number of benzene rings is 3. The Labute approximate surface area is 397 Å². The van der Waals surface area contributed by atoms with Gasteiger partial charge in [0.05, 0.1) is 16.2 Å². The number of hydrogen-bond acceptors (Lipinski definition) is 15. The Hall–Kier alpha value is -9.23. The number of nitrogens with zero attached hydrogens (tertiary/aromatic N) is 2. The molecule has 0 fully saturated rings. The topological polar surface area (TPSA) is 540 Å². The number of nitrogens with one attached hydrogen (secondary N) is 13. The molecule has 0 aromatic heterocycles. The van der Waals surface area contributed by atoms with Crippen LogP contribution in [0.1, 0.15) is 27.5 Å². The number of halogens is 2. The lowest BCUT2D eigenvalue weighted by Gasteiger charge is -2.32. The fraction of sp³-hybridized carbons (Fsp3) is 0.194. The summed E-state index contributed by atoms with van der Waals surface area (Å²) in [6.45, 7) is -0.609. The van der Waals surface area contributed by atoms with Crippen LogP contribution in [0.25, 0.3) is 0 Å². The molecule has 0 radical (unpaired) electrons. The number of anilines is 1. The van der Waals surface area contributed by atoms with Gasteiger partial charge in [0.15, 0.2) is 48.5 Å². The number of primary amides is 1. The number of carboxylic acid groups (broad SMARTS) is 1. The minimum Gasteiger partial charge on any atom is -0.478 e. The molecule has 0 spiro atoms. The lowest BCUT2D eigenvalue weighted by Crippen LogP contribution is -2.68. The van der Waals surface area contributed by atoms with E-state index in [0.717, 1.165) is 17.0 Å². The Morgan fingerprint density at radius 2 is 1.04 bits per heavy atom. The average molecular weight is 1000 g/mol. The average Bonchev–Trinajstić information content (AvgIpc) is 3.26. The molecule has 368 valence electrons. The van der Waals surface area contributed by atoms with Gasteiger partial charge in [0.2, 0.25) is 12.1 Å². The van der Waals surface area contributed by atoms with Crippen molar-refractivity contribution in [3.8, 4) is 0 Å². The SMILES string of the molecule is N=C(N)NC(NC(=O)C(NC(=N)N)NC(=O)C(NC(=N)N)NC(=O)C(NC(=N)N)NC(=O)C(NC(=O)C(O)N(Cc1c(Cl)cccc1Cl)c1ccc([N+](=O)[O-])cc1C(=O)O)c1ccccc1)C(N)=O. The molecular weight excluding hydrogens is 959 g/mol. The highest BCUT2D eigenvalue weighted by molar-refractivity contribution is 6.36. The number of carbonyl (C=O) groups excluding carboxylic acids is 6. The molecule has 0 aliphatic rings. The third-order valence-electron chi connectivity index (χ3n) is 8.75. The number of nitrogens with two attached hydrogens (primary N) is 5. The van der Waals surface area contributed by atoms with E-state index in [-0.39, 0.29) is 21.2 Å². The van der Waals surface area contributed by atoms with Crippen LogP contribution in [-0.4, -0.2) is 111 Å². The maximum Gasteiger partial charge on any atom is 0.338 e. The summed E-state index contributed by atoms with van der Waals surface area (Å²) >= 11 is 12.8. The molecule has 3 aromatic carbocycles. The molecule has 0 saturated carbocycles. The van der Waals surface area contributed by atoms with Gasteiger partial charge in [-0.2, -0.15) is 0 Å². The zero-order valence-corrected chi connectivity index (χ0v) is 36.6. The van der Waals surface area contributed by atoms with Gasteiger partial charge in [0, 0.05) is 34.3 Å². The minimum absolute atomic E-state index is 0.00367. The van der Waals surface area contributed by atoms with Crippen molar-refractivity contribution in [1.82, 2.24) is 47.9 Å². The number of amides is 6. The van der Waals surface area contributed by atoms with Gasteiger partial charge in [-0.25, -0.2) is 4.79 Å². The number of nitro groups is 1. The molecule has 33 heteroatoms. The number of carboxylic acids is 1. The predicted octanol–water partition coefficient (Wildman–Crippen LogP) is -5.03. The highest BCUT2D eigenvalue weighted by Crippen LogP contribution is 2.32. The number of guanidine groups is 4. The largest absolute Gasteiger partial charge is 0.478 e. The summed E-state index contributed by atoms with van der Waals surface area (Å²) in [6, 6.07) is 11.9. The van der Waals surface area contributed by atoms with Gasteiger partial charge in [0.1, 0.15) is 6.04 Å². The van der Waals surface area contributed by atoms with Crippen LogP contribution in [-0.2, 0) is 35.3 Å². The van der Waals surface area contributed by atoms with Gasteiger partial charge in [-0.3, -0.25) is 60.5 Å². The standard InChI is InChI=1S/C36H44Cl2N20O11/c37-17-7-4-8-18(38)16(17)12-57(19-10-9-14(58(68)69)11-15(19)32(66)67)31(65)30(64)48-20(13-5-2-1-3-6-13)26(60)50-23(54-34(42)43)28(62)52-25(56-36(46)47)29(63)51-24(55-35(44)45)27(61)49-22(21(39)59)53-33(40)41/h1-11,20,22-25,31,65H,12H2,(H2,39,59)(H,48,64)(H,49,61)(H,50,60)(H,51,63)(H,52,62)(H,66,67)(H4,40,41,53)(H4,42,43,54)(H4,44,45,55)(H4,46,47,56). The van der Waals surface area contributed by atoms with Crippen molar-refractivity contribution in [2.75, 3.05) is 4.90 Å². The van der Waals surface area contributed by atoms with Gasteiger partial charge in [-0.05, 0) is 23.8 Å². The number of aliphatic hydroxyl groups excluding tert-OH is 1. The smallest absolute Gasteiger partial charge is 0.338 e. The van der Waals surface area contributed by atoms with E-state index in [1.807, 2.05) is 31.9 Å². The molecule has 3 rings (SSSR count). The maximum absolute atomic E-state index is 14.2. The molecule has 0 heterocycles. The zero-order valence-electron chi connectivity index (χ0n) is 35.1. The normalized spacial score (nSPS) is 13.1. The molecule has 6 unspecified atom stereocenters. The van der Waals surface area contributed by atoms with E-state index in [4.69, 9.17) is 73.5 Å². The van der Waals surface area contributed by atoms with Crippen LogP contribution in [0, 0.1) is 31.8 Å². The van der Waals surface area contributed by atoms with Crippen LogP contribution in [0.3, 0.4) is 0 Å². The Kier molecular flexibility index (Phi) is 19.1. The molecule has 6 atom stereocenters. The van der Waals surface area contributed by atoms with E-state index in [1.54, 1.807) is 0 Å². The monoisotopic (exact) mass is 1000 g/mol. The predicted molar refractivity (Wildman–Crippen MR) is 243 cm³/mol. The summed E-state index contributed by atoms with van der Waals surface area (Å²) in [7, 11) is 0. The van der Waals surface area contributed by atoms with Crippen molar-refractivity contribution in [2.45, 2.75) is 43.5 Å². The third kappa shape index (κ3) is 15.7. The van der Waals surface area contributed by atoms with Crippen LogP contribution < -0.4 is 81.4 Å². The summed E-state index contributed by atoms with van der Waals surface area (Å²) in [5, 5.41) is 82.3. The van der Waals surface area contributed by atoms with Crippen molar-refractivity contribution in [3.63, 3.8) is 0 Å². The molecule has 69 heavy (non-hydrogen) atoms. The Morgan fingerprint density at radius 3 is 1.46 bits per heavy atom. The van der Waals surface area contributed by atoms with Crippen LogP contribution >= 0.6 is 23.2 Å². The van der Waals surface area contributed by atoms with E-state index in [1.165, 1.54) is 48.5 Å². The third-order valence-corrected chi connectivity index (χ3v) is 9.46. The van der Waals surface area contributed by atoms with Crippen molar-refractivity contribution in [3.05, 3.63) is 104 Å². The molecule has 25 N–H and O–H groups in total. The summed E-state index contributed by atoms with van der Waals surface area (Å²) < 4.78 is 0. The first-order valence-corrected chi connectivity index (χ1v) is 19.7. The van der Waals surface area contributed by atoms with Gasteiger partial charge in [-0.15, -0.1) is 0 Å². The number of aromatic carboxylic acids is 1. The van der Waals surface area contributed by atoms with Gasteiger partial charge < -0.3 is 91.6 Å².